The van der Waals surface area contributed by atoms with Crippen LogP contribution in [0.15, 0.2) is 52.4 Å². The van der Waals surface area contributed by atoms with E-state index in [4.69, 9.17) is 4.52 Å². The Kier molecular flexibility index (Phi) is 4.22. The summed E-state index contributed by atoms with van der Waals surface area (Å²) in [6.07, 6.45) is 2.34. The minimum Gasteiger partial charge on any atom is -0.339 e. The molecular formula is C18H19N3OS. The van der Waals surface area contributed by atoms with Crippen LogP contribution in [0, 0.1) is 0 Å². The third kappa shape index (κ3) is 3.35. The lowest BCUT2D eigenvalue weighted by atomic mass is 9.99. The molecule has 1 aliphatic heterocycles. The zero-order chi connectivity index (χ0) is 15.5. The Balaban J connectivity index is 1.24. The van der Waals surface area contributed by atoms with Crippen molar-refractivity contribution in [2.24, 2.45) is 0 Å². The average Bonchev–Trinajstić information content (AvgIpc) is 3.21. The standard InChI is InChI=1S/C18H19N3OS/c1-2-6-14(7-3-1)8-4-10-21-12-15(13-21)18-19-17(20-22-18)16-9-5-11-23-16/h1-3,5-7,9,11,15H,4,8,10,12-13H2. The van der Waals surface area contributed by atoms with Gasteiger partial charge < -0.3 is 9.42 Å². The van der Waals surface area contributed by atoms with Gasteiger partial charge in [-0.25, -0.2) is 0 Å². The SMILES string of the molecule is c1ccc(CCCN2CC(c3nc(-c4cccs4)no3)C2)cc1. The second-order valence-corrected chi connectivity index (χ2v) is 6.93. The Bertz CT molecular complexity index is 733. The number of hydrogen-bond acceptors (Lipinski definition) is 5. The number of hydrogen-bond donors (Lipinski definition) is 0. The zero-order valence-corrected chi connectivity index (χ0v) is 13.7. The molecule has 1 aromatic carbocycles. The van der Waals surface area contributed by atoms with Gasteiger partial charge >= 0.3 is 0 Å². The molecule has 0 amide bonds. The van der Waals surface area contributed by atoms with Gasteiger partial charge in [-0.15, -0.1) is 11.3 Å². The van der Waals surface area contributed by atoms with Crippen LogP contribution in [0.5, 0.6) is 0 Å². The molecule has 0 atom stereocenters. The molecule has 23 heavy (non-hydrogen) atoms. The Hall–Kier alpha value is -1.98. The van der Waals surface area contributed by atoms with Crippen LogP contribution in [0.1, 0.15) is 23.8 Å². The van der Waals surface area contributed by atoms with Gasteiger partial charge in [0.25, 0.3) is 0 Å². The molecule has 118 valence electrons. The summed E-state index contributed by atoms with van der Waals surface area (Å²) in [7, 11) is 0. The summed E-state index contributed by atoms with van der Waals surface area (Å²) in [4.78, 5) is 8.07. The second kappa shape index (κ2) is 6.64. The first-order valence-electron chi connectivity index (χ1n) is 8.02. The Morgan fingerprint density at radius 2 is 2.00 bits per heavy atom. The third-order valence-electron chi connectivity index (χ3n) is 4.27. The van der Waals surface area contributed by atoms with Crippen LogP contribution < -0.4 is 0 Å². The monoisotopic (exact) mass is 325 g/mol. The molecular weight excluding hydrogens is 306 g/mol. The Morgan fingerprint density at radius 1 is 1.13 bits per heavy atom. The van der Waals surface area contributed by atoms with Crippen molar-refractivity contribution in [3.05, 3.63) is 59.3 Å². The highest BCUT2D eigenvalue weighted by Crippen LogP contribution is 2.29. The summed E-state index contributed by atoms with van der Waals surface area (Å²) in [5.74, 6) is 1.90. The van der Waals surface area contributed by atoms with E-state index in [9.17, 15) is 0 Å². The number of thiophene rings is 1. The van der Waals surface area contributed by atoms with Crippen molar-refractivity contribution < 1.29 is 4.52 Å². The zero-order valence-electron chi connectivity index (χ0n) is 12.9. The topological polar surface area (TPSA) is 42.2 Å². The van der Waals surface area contributed by atoms with Gasteiger partial charge in [-0.3, -0.25) is 0 Å². The van der Waals surface area contributed by atoms with E-state index in [0.717, 1.165) is 42.6 Å². The lowest BCUT2D eigenvalue weighted by molar-refractivity contribution is 0.124. The van der Waals surface area contributed by atoms with Crippen molar-refractivity contribution >= 4 is 11.3 Å². The fourth-order valence-electron chi connectivity index (χ4n) is 2.97. The fourth-order valence-corrected chi connectivity index (χ4v) is 3.62. The Labute approximate surface area is 139 Å². The lowest BCUT2D eigenvalue weighted by Crippen LogP contribution is -2.45. The maximum atomic E-state index is 5.43. The van der Waals surface area contributed by atoms with E-state index in [1.807, 2.05) is 17.5 Å². The van der Waals surface area contributed by atoms with Crippen molar-refractivity contribution in [3.8, 4) is 10.7 Å². The number of aryl methyl sites for hydroxylation is 1. The summed E-state index contributed by atoms with van der Waals surface area (Å²) < 4.78 is 5.43. The molecule has 1 fully saturated rings. The molecule has 4 rings (SSSR count). The minimum atomic E-state index is 0.396. The van der Waals surface area contributed by atoms with Gasteiger partial charge in [-0.2, -0.15) is 4.98 Å². The average molecular weight is 325 g/mol. The van der Waals surface area contributed by atoms with Gasteiger partial charge in [0.2, 0.25) is 11.7 Å². The van der Waals surface area contributed by atoms with Crippen LogP contribution >= 0.6 is 11.3 Å². The minimum absolute atomic E-state index is 0.396. The maximum Gasteiger partial charge on any atom is 0.232 e. The van der Waals surface area contributed by atoms with Gasteiger partial charge in [0.15, 0.2) is 0 Å². The predicted octanol–water partition coefficient (Wildman–Crippen LogP) is 3.83. The molecule has 3 heterocycles. The van der Waals surface area contributed by atoms with Crippen LogP contribution in [0.4, 0.5) is 0 Å². The van der Waals surface area contributed by atoms with E-state index in [1.54, 1.807) is 11.3 Å². The molecule has 0 N–H and O–H groups in total. The van der Waals surface area contributed by atoms with E-state index in [-0.39, 0.29) is 0 Å². The number of rotatable bonds is 6. The number of aromatic nitrogens is 2. The van der Waals surface area contributed by atoms with Crippen molar-refractivity contribution in [1.29, 1.82) is 0 Å². The second-order valence-electron chi connectivity index (χ2n) is 5.98. The summed E-state index contributed by atoms with van der Waals surface area (Å²) >= 11 is 1.64. The van der Waals surface area contributed by atoms with Gasteiger partial charge in [-0.1, -0.05) is 41.6 Å². The molecule has 0 unspecified atom stereocenters. The third-order valence-corrected chi connectivity index (χ3v) is 5.14. The van der Waals surface area contributed by atoms with Gasteiger partial charge in [0.1, 0.15) is 0 Å². The van der Waals surface area contributed by atoms with E-state index in [0.29, 0.717) is 5.92 Å². The van der Waals surface area contributed by atoms with Crippen molar-refractivity contribution in [2.45, 2.75) is 18.8 Å². The first kappa shape index (κ1) is 14.6. The van der Waals surface area contributed by atoms with E-state index in [2.05, 4.69) is 45.4 Å². The Morgan fingerprint density at radius 3 is 2.78 bits per heavy atom. The first-order chi connectivity index (χ1) is 11.4. The highest BCUT2D eigenvalue weighted by Gasteiger charge is 2.32. The van der Waals surface area contributed by atoms with Gasteiger partial charge in [0.05, 0.1) is 10.8 Å². The lowest BCUT2D eigenvalue weighted by Gasteiger charge is -2.37. The van der Waals surface area contributed by atoms with Crippen molar-refractivity contribution in [2.75, 3.05) is 19.6 Å². The summed E-state index contributed by atoms with van der Waals surface area (Å²) in [6.45, 7) is 3.19. The molecule has 2 aromatic heterocycles. The van der Waals surface area contributed by atoms with E-state index < -0.39 is 0 Å². The van der Waals surface area contributed by atoms with Crippen LogP contribution in [-0.2, 0) is 6.42 Å². The maximum absolute atomic E-state index is 5.43. The molecule has 0 radical (unpaired) electrons. The largest absolute Gasteiger partial charge is 0.339 e. The van der Waals surface area contributed by atoms with Crippen LogP contribution in [-0.4, -0.2) is 34.7 Å². The highest BCUT2D eigenvalue weighted by molar-refractivity contribution is 7.13. The van der Waals surface area contributed by atoms with Gasteiger partial charge in [0, 0.05) is 13.1 Å². The molecule has 0 saturated carbocycles. The number of benzene rings is 1. The summed E-state index contributed by atoms with van der Waals surface area (Å²) in [5.41, 5.74) is 1.42. The van der Waals surface area contributed by atoms with Crippen molar-refractivity contribution in [1.82, 2.24) is 15.0 Å². The molecule has 0 aliphatic carbocycles. The molecule has 0 spiro atoms. The molecule has 3 aromatic rings. The normalized spacial score (nSPS) is 15.7. The predicted molar refractivity (Wildman–Crippen MR) is 91.6 cm³/mol. The summed E-state index contributed by atoms with van der Waals surface area (Å²) in [5, 5.41) is 6.13. The van der Waals surface area contributed by atoms with E-state index in [1.165, 1.54) is 12.0 Å². The van der Waals surface area contributed by atoms with Crippen LogP contribution in [0.3, 0.4) is 0 Å². The molecule has 0 bridgehead atoms. The molecule has 4 nitrogen and oxygen atoms in total. The first-order valence-corrected chi connectivity index (χ1v) is 8.90. The van der Waals surface area contributed by atoms with Crippen LogP contribution in [0.2, 0.25) is 0 Å². The summed E-state index contributed by atoms with van der Waals surface area (Å²) in [6, 6.07) is 14.7. The number of nitrogens with zero attached hydrogens (tertiary/aromatic N) is 3. The molecule has 5 heteroatoms. The van der Waals surface area contributed by atoms with Crippen LogP contribution in [0.25, 0.3) is 10.7 Å². The van der Waals surface area contributed by atoms with Gasteiger partial charge in [-0.05, 0) is 36.4 Å². The highest BCUT2D eigenvalue weighted by atomic mass is 32.1. The molecule has 1 aliphatic rings. The number of likely N-dealkylation sites (tertiary alicyclic amines) is 1. The fraction of sp³-hybridized carbons (Fsp3) is 0.333. The van der Waals surface area contributed by atoms with Crippen molar-refractivity contribution in [3.63, 3.8) is 0 Å². The smallest absolute Gasteiger partial charge is 0.232 e. The van der Waals surface area contributed by atoms with E-state index >= 15 is 0 Å². The molecule has 1 saturated heterocycles. The quantitative estimate of drug-likeness (QED) is 0.691.